The van der Waals surface area contributed by atoms with Gasteiger partial charge in [-0.1, -0.05) is 36.4 Å². The van der Waals surface area contributed by atoms with Crippen molar-refractivity contribution in [3.8, 4) is 0 Å². The Morgan fingerprint density at radius 3 is 2.48 bits per heavy atom. The molecule has 0 spiro atoms. The maximum absolute atomic E-state index is 12.8. The van der Waals surface area contributed by atoms with Crippen LogP contribution in [0.3, 0.4) is 0 Å². The molecule has 1 atom stereocenters. The Morgan fingerprint density at radius 2 is 1.83 bits per heavy atom. The molecule has 0 saturated carbocycles. The lowest BCUT2D eigenvalue weighted by Crippen LogP contribution is -2.28. The van der Waals surface area contributed by atoms with E-state index in [2.05, 4.69) is 4.72 Å². The lowest BCUT2D eigenvalue weighted by atomic mass is 10.1. The van der Waals surface area contributed by atoms with Gasteiger partial charge < -0.3 is 4.90 Å². The highest BCUT2D eigenvalue weighted by molar-refractivity contribution is 7.89. The first kappa shape index (κ1) is 21.2. The number of amides is 1. The van der Waals surface area contributed by atoms with Gasteiger partial charge in [-0.2, -0.15) is 0 Å². The second-order valence-corrected chi connectivity index (χ2v) is 9.68. The van der Waals surface area contributed by atoms with Crippen LogP contribution in [0, 0.1) is 6.92 Å². The maximum Gasteiger partial charge on any atom is 0.253 e. The molecule has 3 rings (SSSR count). The standard InChI is InChI=1S/C22H24N2O3S2/c1-16-12-13-28-21(16)15-24(3)22(25)19-10-7-11-20(14-19)29(26,27)23-17(2)18-8-5-4-6-9-18/h4-14,17,23H,15H2,1-3H3. The average molecular weight is 429 g/mol. The van der Waals surface area contributed by atoms with Crippen LogP contribution in [0.4, 0.5) is 0 Å². The Kier molecular flexibility index (Phi) is 6.52. The summed E-state index contributed by atoms with van der Waals surface area (Å²) >= 11 is 1.60. The van der Waals surface area contributed by atoms with E-state index < -0.39 is 10.0 Å². The number of thiophene rings is 1. The normalized spacial score (nSPS) is 12.5. The molecule has 5 nitrogen and oxygen atoms in total. The third kappa shape index (κ3) is 5.12. The smallest absolute Gasteiger partial charge is 0.253 e. The molecule has 0 fully saturated rings. The van der Waals surface area contributed by atoms with Crippen LogP contribution >= 0.6 is 11.3 Å². The highest BCUT2D eigenvalue weighted by atomic mass is 32.2. The number of carbonyl (C=O) groups is 1. The van der Waals surface area contributed by atoms with E-state index in [0.29, 0.717) is 12.1 Å². The molecule has 1 heterocycles. The molecular formula is C22H24N2O3S2. The fourth-order valence-corrected chi connectivity index (χ4v) is 5.22. The summed E-state index contributed by atoms with van der Waals surface area (Å²) < 4.78 is 28.3. The van der Waals surface area contributed by atoms with Crippen molar-refractivity contribution in [2.24, 2.45) is 0 Å². The van der Waals surface area contributed by atoms with Crippen LogP contribution in [0.25, 0.3) is 0 Å². The lowest BCUT2D eigenvalue weighted by Gasteiger charge is -2.18. The fraction of sp³-hybridized carbons (Fsp3) is 0.227. The SMILES string of the molecule is Cc1ccsc1CN(C)C(=O)c1cccc(S(=O)(=O)NC(C)c2ccccc2)c1. The average Bonchev–Trinajstić information content (AvgIpc) is 3.12. The minimum atomic E-state index is -3.76. The Morgan fingerprint density at radius 1 is 1.10 bits per heavy atom. The zero-order chi connectivity index (χ0) is 21.0. The molecule has 0 aliphatic carbocycles. The summed E-state index contributed by atoms with van der Waals surface area (Å²) in [6, 6.07) is 17.2. The van der Waals surface area contributed by atoms with Gasteiger partial charge in [0.15, 0.2) is 0 Å². The van der Waals surface area contributed by atoms with Crippen molar-refractivity contribution in [3.05, 3.63) is 87.6 Å². The van der Waals surface area contributed by atoms with E-state index in [4.69, 9.17) is 0 Å². The molecule has 29 heavy (non-hydrogen) atoms. The molecule has 7 heteroatoms. The van der Waals surface area contributed by atoms with Crippen molar-refractivity contribution < 1.29 is 13.2 Å². The van der Waals surface area contributed by atoms with E-state index in [-0.39, 0.29) is 16.8 Å². The van der Waals surface area contributed by atoms with E-state index >= 15 is 0 Å². The summed E-state index contributed by atoms with van der Waals surface area (Å²) in [4.78, 5) is 15.6. The predicted octanol–water partition coefficient (Wildman–Crippen LogP) is 4.37. The predicted molar refractivity (Wildman–Crippen MR) is 116 cm³/mol. The molecule has 0 bridgehead atoms. The minimum Gasteiger partial charge on any atom is -0.337 e. The molecule has 0 aliphatic rings. The highest BCUT2D eigenvalue weighted by Crippen LogP contribution is 2.20. The molecule has 152 valence electrons. The zero-order valence-electron chi connectivity index (χ0n) is 16.6. The van der Waals surface area contributed by atoms with Crippen LogP contribution in [0.5, 0.6) is 0 Å². The number of rotatable bonds is 7. The molecule has 0 radical (unpaired) electrons. The molecule has 1 amide bonds. The Hall–Kier alpha value is -2.48. The van der Waals surface area contributed by atoms with Crippen molar-refractivity contribution in [3.63, 3.8) is 0 Å². The van der Waals surface area contributed by atoms with Gasteiger partial charge >= 0.3 is 0 Å². The molecule has 3 aromatic rings. The van der Waals surface area contributed by atoms with Gasteiger partial charge in [0, 0.05) is 23.5 Å². The van der Waals surface area contributed by atoms with E-state index in [9.17, 15) is 13.2 Å². The number of nitrogens with one attached hydrogen (secondary N) is 1. The van der Waals surface area contributed by atoms with Crippen LogP contribution in [0.1, 0.15) is 39.3 Å². The monoisotopic (exact) mass is 428 g/mol. The second kappa shape index (κ2) is 8.90. The first-order chi connectivity index (χ1) is 13.8. The van der Waals surface area contributed by atoms with Crippen LogP contribution in [0.15, 0.2) is 70.9 Å². The summed E-state index contributed by atoms with van der Waals surface area (Å²) in [6.07, 6.45) is 0. The van der Waals surface area contributed by atoms with Crippen molar-refractivity contribution in [1.29, 1.82) is 0 Å². The van der Waals surface area contributed by atoms with E-state index in [0.717, 1.165) is 16.0 Å². The van der Waals surface area contributed by atoms with Crippen molar-refractivity contribution in [2.45, 2.75) is 31.3 Å². The molecule has 1 N–H and O–H groups in total. The Balaban J connectivity index is 1.77. The summed E-state index contributed by atoms with van der Waals surface area (Å²) in [5.74, 6) is -0.217. The zero-order valence-corrected chi connectivity index (χ0v) is 18.3. The molecule has 0 aliphatic heterocycles. The number of hydrogen-bond acceptors (Lipinski definition) is 4. The number of aryl methyl sites for hydroxylation is 1. The van der Waals surface area contributed by atoms with Crippen LogP contribution < -0.4 is 4.72 Å². The van der Waals surface area contributed by atoms with Gasteiger partial charge in [-0.25, -0.2) is 13.1 Å². The molecule has 0 saturated heterocycles. The topological polar surface area (TPSA) is 66.5 Å². The van der Waals surface area contributed by atoms with Gasteiger partial charge in [0.05, 0.1) is 11.4 Å². The number of hydrogen-bond donors (Lipinski definition) is 1. The van der Waals surface area contributed by atoms with Crippen LogP contribution in [-0.4, -0.2) is 26.3 Å². The van der Waals surface area contributed by atoms with Gasteiger partial charge in [-0.3, -0.25) is 4.79 Å². The van der Waals surface area contributed by atoms with Crippen molar-refractivity contribution >= 4 is 27.3 Å². The Labute approximate surface area is 176 Å². The van der Waals surface area contributed by atoms with Crippen molar-refractivity contribution in [1.82, 2.24) is 9.62 Å². The van der Waals surface area contributed by atoms with Gasteiger partial charge in [-0.15, -0.1) is 11.3 Å². The van der Waals surface area contributed by atoms with E-state index in [1.165, 1.54) is 12.1 Å². The second-order valence-electron chi connectivity index (χ2n) is 6.97. The van der Waals surface area contributed by atoms with E-state index in [1.54, 1.807) is 42.3 Å². The maximum atomic E-state index is 12.8. The van der Waals surface area contributed by atoms with Crippen LogP contribution in [-0.2, 0) is 16.6 Å². The number of benzene rings is 2. The number of carbonyl (C=O) groups excluding carboxylic acids is 1. The first-order valence-corrected chi connectivity index (χ1v) is 11.6. The minimum absolute atomic E-state index is 0.0758. The molecule has 2 aromatic carbocycles. The molecular weight excluding hydrogens is 404 g/mol. The summed E-state index contributed by atoms with van der Waals surface area (Å²) in [5, 5.41) is 2.00. The van der Waals surface area contributed by atoms with Gasteiger partial charge in [0.25, 0.3) is 5.91 Å². The fourth-order valence-electron chi connectivity index (χ4n) is 2.98. The summed E-state index contributed by atoms with van der Waals surface area (Å²) in [6.45, 7) is 4.29. The highest BCUT2D eigenvalue weighted by Gasteiger charge is 2.21. The van der Waals surface area contributed by atoms with Gasteiger partial charge in [0.1, 0.15) is 0 Å². The van der Waals surface area contributed by atoms with Gasteiger partial charge in [-0.05, 0) is 54.6 Å². The van der Waals surface area contributed by atoms with E-state index in [1.807, 2.05) is 48.7 Å². The first-order valence-electron chi connectivity index (χ1n) is 9.23. The Bertz CT molecular complexity index is 1090. The molecule has 1 aromatic heterocycles. The quantitative estimate of drug-likeness (QED) is 0.608. The third-order valence-electron chi connectivity index (χ3n) is 4.72. The summed E-state index contributed by atoms with van der Waals surface area (Å²) in [5.41, 5.74) is 2.36. The summed E-state index contributed by atoms with van der Waals surface area (Å²) in [7, 11) is -2.04. The molecule has 1 unspecified atom stereocenters. The van der Waals surface area contributed by atoms with Crippen molar-refractivity contribution in [2.75, 3.05) is 7.05 Å². The number of sulfonamides is 1. The number of nitrogens with zero attached hydrogens (tertiary/aromatic N) is 1. The van der Waals surface area contributed by atoms with Crippen LogP contribution in [0.2, 0.25) is 0 Å². The third-order valence-corrected chi connectivity index (χ3v) is 7.26. The van der Waals surface area contributed by atoms with Gasteiger partial charge in [0.2, 0.25) is 10.0 Å². The lowest BCUT2D eigenvalue weighted by molar-refractivity contribution is 0.0786. The largest absolute Gasteiger partial charge is 0.337 e.